The highest BCUT2D eigenvalue weighted by Gasteiger charge is 2.58. The molecule has 1 unspecified atom stereocenters. The van der Waals surface area contributed by atoms with Gasteiger partial charge in [-0.25, -0.2) is 9.59 Å². The van der Waals surface area contributed by atoms with Gasteiger partial charge in [-0.05, 0) is 49.2 Å². The second-order valence-corrected chi connectivity index (χ2v) is 8.65. The van der Waals surface area contributed by atoms with Crippen molar-refractivity contribution >= 4 is 28.6 Å². The van der Waals surface area contributed by atoms with Crippen LogP contribution in [0, 0.1) is 6.92 Å². The number of hydrogen-bond donors (Lipinski definition) is 2. The number of phenols is 1. The molecular weight excluding hydrogens is 448 g/mol. The van der Waals surface area contributed by atoms with E-state index in [9.17, 15) is 19.5 Å². The van der Waals surface area contributed by atoms with Crippen LogP contribution in [0.25, 0.3) is 10.9 Å². The number of rotatable bonds is 4. The highest BCUT2D eigenvalue weighted by atomic mass is 16.5. The first-order valence-corrected chi connectivity index (χ1v) is 11.1. The minimum atomic E-state index is -1.66. The van der Waals surface area contributed by atoms with Crippen LogP contribution in [0.4, 0.5) is 0 Å². The van der Waals surface area contributed by atoms with Crippen LogP contribution in [-0.2, 0) is 31.0 Å². The van der Waals surface area contributed by atoms with E-state index in [0.717, 1.165) is 22.0 Å². The largest absolute Gasteiger partial charge is 0.507 e. The van der Waals surface area contributed by atoms with Crippen LogP contribution in [0.15, 0.2) is 65.9 Å². The molecule has 35 heavy (non-hydrogen) atoms. The monoisotopic (exact) mass is 472 g/mol. The van der Waals surface area contributed by atoms with Gasteiger partial charge in [0.2, 0.25) is 5.54 Å². The SMILES string of the molecule is COC(=O)C1=CC(C(=O)c2ccccc2O)=CN2CCc3c([nH]c4ccc(C)cc34)C12C(=O)OC. The lowest BCUT2D eigenvalue weighted by atomic mass is 9.75. The molecule has 0 fully saturated rings. The van der Waals surface area contributed by atoms with E-state index in [-0.39, 0.29) is 22.5 Å². The zero-order chi connectivity index (χ0) is 24.9. The van der Waals surface area contributed by atoms with Crippen molar-refractivity contribution in [2.75, 3.05) is 20.8 Å². The summed E-state index contributed by atoms with van der Waals surface area (Å²) in [4.78, 5) is 45.1. The highest BCUT2D eigenvalue weighted by molar-refractivity contribution is 6.14. The molecule has 0 spiro atoms. The fraction of sp³-hybridized carbons (Fsp3) is 0.222. The highest BCUT2D eigenvalue weighted by Crippen LogP contribution is 2.48. The maximum absolute atomic E-state index is 13.6. The van der Waals surface area contributed by atoms with Gasteiger partial charge >= 0.3 is 11.9 Å². The Bertz CT molecular complexity index is 1460. The van der Waals surface area contributed by atoms with Gasteiger partial charge in [0.05, 0.1) is 31.1 Å². The summed E-state index contributed by atoms with van der Waals surface area (Å²) in [7, 11) is 2.48. The summed E-state index contributed by atoms with van der Waals surface area (Å²) in [6.07, 6.45) is 3.48. The number of carbonyl (C=O) groups is 3. The van der Waals surface area contributed by atoms with Crippen molar-refractivity contribution in [2.24, 2.45) is 0 Å². The Morgan fingerprint density at radius 3 is 2.57 bits per heavy atom. The number of para-hydroxylation sites is 1. The predicted octanol–water partition coefficient (Wildman–Crippen LogP) is 3.29. The standard InChI is InChI=1S/C27H24N2O6/c1-15-8-9-21-19(12-15)17-10-11-29-14-16(23(31)18-6-4-5-7-22(18)30)13-20(25(32)34-2)27(29,24(17)28-21)26(33)35-3/h4-9,12-14,28,30H,10-11H2,1-3H3. The number of aromatic hydroxyl groups is 1. The minimum Gasteiger partial charge on any atom is -0.507 e. The van der Waals surface area contributed by atoms with Gasteiger partial charge in [0, 0.05) is 29.2 Å². The molecular formula is C27H24N2O6. The molecule has 5 rings (SSSR count). The number of hydrogen-bond acceptors (Lipinski definition) is 7. The molecule has 0 saturated carbocycles. The Hall–Kier alpha value is -4.33. The molecule has 8 nitrogen and oxygen atoms in total. The molecule has 2 aliphatic heterocycles. The number of ketones is 1. The van der Waals surface area contributed by atoms with Gasteiger partial charge in [-0.3, -0.25) is 4.79 Å². The van der Waals surface area contributed by atoms with Crippen LogP contribution >= 0.6 is 0 Å². The fourth-order valence-corrected chi connectivity index (χ4v) is 5.13. The number of nitrogens with one attached hydrogen (secondary N) is 1. The average Bonchev–Trinajstić information content (AvgIpc) is 3.25. The van der Waals surface area contributed by atoms with Crippen molar-refractivity contribution in [1.82, 2.24) is 9.88 Å². The maximum Gasteiger partial charge on any atom is 0.343 e. The predicted molar refractivity (Wildman–Crippen MR) is 128 cm³/mol. The van der Waals surface area contributed by atoms with E-state index in [1.165, 1.54) is 32.4 Å². The number of aryl methyl sites for hydroxylation is 1. The molecule has 2 aliphatic rings. The molecule has 2 aromatic carbocycles. The molecule has 3 aromatic rings. The number of benzene rings is 2. The molecule has 2 N–H and O–H groups in total. The van der Waals surface area contributed by atoms with Crippen LogP contribution in [0.5, 0.6) is 5.75 Å². The van der Waals surface area contributed by atoms with Gasteiger partial charge in [-0.15, -0.1) is 0 Å². The Balaban J connectivity index is 1.77. The van der Waals surface area contributed by atoms with Crippen molar-refractivity contribution in [1.29, 1.82) is 0 Å². The van der Waals surface area contributed by atoms with Gasteiger partial charge < -0.3 is 24.5 Å². The molecule has 0 saturated heterocycles. The lowest BCUT2D eigenvalue weighted by Crippen LogP contribution is -2.58. The van der Waals surface area contributed by atoms with E-state index in [0.29, 0.717) is 18.7 Å². The molecule has 1 aromatic heterocycles. The topological polar surface area (TPSA) is 109 Å². The Labute approximate surface area is 201 Å². The number of phenolic OH excluding ortho intramolecular Hbond substituents is 1. The molecule has 0 aliphatic carbocycles. The van der Waals surface area contributed by atoms with Crippen LogP contribution in [-0.4, -0.2) is 53.5 Å². The first kappa shape index (κ1) is 22.5. The number of Topliss-reactive ketones (excluding diaryl/α,β-unsaturated/α-hetero) is 1. The zero-order valence-electron chi connectivity index (χ0n) is 19.5. The van der Waals surface area contributed by atoms with Crippen molar-refractivity contribution in [3.63, 3.8) is 0 Å². The number of allylic oxidation sites excluding steroid dienone is 2. The molecule has 3 heterocycles. The molecule has 8 heteroatoms. The van der Waals surface area contributed by atoms with Gasteiger partial charge in [-0.1, -0.05) is 23.8 Å². The number of aromatic amines is 1. The van der Waals surface area contributed by atoms with Crippen LogP contribution < -0.4 is 0 Å². The summed E-state index contributed by atoms with van der Waals surface area (Å²) >= 11 is 0. The number of nitrogens with zero attached hydrogens (tertiary/aromatic N) is 1. The van der Waals surface area contributed by atoms with Crippen molar-refractivity contribution in [2.45, 2.75) is 18.9 Å². The van der Waals surface area contributed by atoms with Crippen molar-refractivity contribution < 1.29 is 29.0 Å². The average molecular weight is 472 g/mol. The number of H-pyrrole nitrogens is 1. The second kappa shape index (κ2) is 8.16. The third-order valence-electron chi connectivity index (χ3n) is 6.74. The summed E-state index contributed by atoms with van der Waals surface area (Å²) in [5, 5.41) is 11.2. The zero-order valence-corrected chi connectivity index (χ0v) is 19.5. The molecule has 0 bridgehead atoms. The van der Waals surface area contributed by atoms with E-state index in [1.807, 2.05) is 25.1 Å². The van der Waals surface area contributed by atoms with Gasteiger partial charge in [0.1, 0.15) is 5.75 Å². The first-order chi connectivity index (χ1) is 16.8. The van der Waals surface area contributed by atoms with E-state index >= 15 is 0 Å². The Kier molecular flexibility index (Phi) is 5.24. The summed E-state index contributed by atoms with van der Waals surface area (Å²) in [6, 6.07) is 12.1. The fourth-order valence-electron chi connectivity index (χ4n) is 5.13. The van der Waals surface area contributed by atoms with E-state index in [1.54, 1.807) is 23.2 Å². The van der Waals surface area contributed by atoms with Crippen LogP contribution in [0.1, 0.15) is 27.2 Å². The molecule has 0 radical (unpaired) electrons. The number of methoxy groups -OCH3 is 2. The maximum atomic E-state index is 13.6. The van der Waals surface area contributed by atoms with Crippen LogP contribution in [0.2, 0.25) is 0 Å². The molecule has 178 valence electrons. The number of ether oxygens (including phenoxy) is 2. The Morgan fingerprint density at radius 1 is 1.09 bits per heavy atom. The quantitative estimate of drug-likeness (QED) is 0.443. The number of esters is 2. The summed E-state index contributed by atoms with van der Waals surface area (Å²) < 4.78 is 10.3. The number of carbonyl (C=O) groups excluding carboxylic acids is 3. The third-order valence-corrected chi connectivity index (χ3v) is 6.74. The molecule has 0 amide bonds. The summed E-state index contributed by atoms with van der Waals surface area (Å²) in [5.41, 5.74) is 1.84. The van der Waals surface area contributed by atoms with Crippen molar-refractivity contribution in [3.8, 4) is 5.75 Å². The number of aromatic nitrogens is 1. The normalized spacial score (nSPS) is 18.8. The van der Waals surface area contributed by atoms with E-state index in [2.05, 4.69) is 4.98 Å². The van der Waals surface area contributed by atoms with Crippen molar-refractivity contribution in [3.05, 3.63) is 88.3 Å². The molecule has 1 atom stereocenters. The lowest BCUT2D eigenvalue weighted by molar-refractivity contribution is -0.156. The Morgan fingerprint density at radius 2 is 1.86 bits per heavy atom. The van der Waals surface area contributed by atoms with Gasteiger partial charge in [0.25, 0.3) is 0 Å². The van der Waals surface area contributed by atoms with E-state index < -0.39 is 23.3 Å². The van der Waals surface area contributed by atoms with Gasteiger partial charge in [-0.2, -0.15) is 0 Å². The van der Waals surface area contributed by atoms with Crippen LogP contribution in [0.3, 0.4) is 0 Å². The lowest BCUT2D eigenvalue weighted by Gasteiger charge is -2.46. The number of fused-ring (bicyclic) bond motifs is 5. The third kappa shape index (κ3) is 3.17. The van der Waals surface area contributed by atoms with E-state index in [4.69, 9.17) is 9.47 Å². The first-order valence-electron chi connectivity index (χ1n) is 11.1. The second-order valence-electron chi connectivity index (χ2n) is 8.65. The summed E-state index contributed by atoms with van der Waals surface area (Å²) in [5.74, 6) is -2.10. The smallest absolute Gasteiger partial charge is 0.343 e. The minimum absolute atomic E-state index is 0.0441. The summed E-state index contributed by atoms with van der Waals surface area (Å²) in [6.45, 7) is 2.33. The van der Waals surface area contributed by atoms with Gasteiger partial charge in [0.15, 0.2) is 5.78 Å².